The number of aromatic nitrogens is 3. The maximum Gasteiger partial charge on any atom is 0.246 e. The molecule has 0 atom stereocenters. The van der Waals surface area contributed by atoms with Gasteiger partial charge >= 0.3 is 0 Å². The monoisotopic (exact) mass is 138 g/mol. The molecular formula is C5H8N5. The zero-order chi connectivity index (χ0) is 7.56. The first-order valence-corrected chi connectivity index (χ1v) is 2.78. The van der Waals surface area contributed by atoms with Crippen molar-refractivity contribution in [3.63, 3.8) is 0 Å². The van der Waals surface area contributed by atoms with E-state index in [0.717, 1.165) is 0 Å². The molecular weight excluding hydrogens is 130 g/mol. The molecule has 0 aromatic carbocycles. The molecule has 1 rings (SSSR count). The van der Waals surface area contributed by atoms with Crippen LogP contribution in [0.1, 0.15) is 0 Å². The van der Waals surface area contributed by atoms with Gasteiger partial charge in [0.15, 0.2) is 0 Å². The van der Waals surface area contributed by atoms with Gasteiger partial charge in [-0.25, -0.2) is 4.98 Å². The highest BCUT2D eigenvalue weighted by Crippen LogP contribution is 2.01. The Morgan fingerprint density at radius 3 is 2.50 bits per heavy atom. The lowest BCUT2D eigenvalue weighted by Crippen LogP contribution is -2.12. The van der Waals surface area contributed by atoms with Crippen LogP contribution >= 0.6 is 0 Å². The van der Waals surface area contributed by atoms with Gasteiger partial charge in [0.05, 0.1) is 0 Å². The highest BCUT2D eigenvalue weighted by Gasteiger charge is 1.97. The quantitative estimate of drug-likeness (QED) is 0.541. The molecule has 0 unspecified atom stereocenters. The predicted molar refractivity (Wildman–Crippen MR) is 36.9 cm³/mol. The Morgan fingerprint density at radius 2 is 2.10 bits per heavy atom. The summed E-state index contributed by atoms with van der Waals surface area (Å²) in [5.74, 6) is 0.513. The summed E-state index contributed by atoms with van der Waals surface area (Å²) < 4.78 is 0. The third-order valence-electron chi connectivity index (χ3n) is 0.959. The van der Waals surface area contributed by atoms with Gasteiger partial charge in [-0.1, -0.05) is 0 Å². The molecule has 5 nitrogen and oxygen atoms in total. The van der Waals surface area contributed by atoms with Crippen LogP contribution in [-0.2, 0) is 0 Å². The highest BCUT2D eigenvalue weighted by molar-refractivity contribution is 5.28. The number of nitrogens with zero attached hydrogens (tertiary/aromatic N) is 4. The normalized spacial score (nSPS) is 9.40. The summed E-state index contributed by atoms with van der Waals surface area (Å²) in [6.07, 6.45) is 1.32. The van der Waals surface area contributed by atoms with Gasteiger partial charge in [0.25, 0.3) is 0 Å². The summed E-state index contributed by atoms with van der Waals surface area (Å²) >= 11 is 0. The van der Waals surface area contributed by atoms with Crippen LogP contribution in [0.5, 0.6) is 0 Å². The molecule has 0 bridgehead atoms. The molecule has 0 saturated carbocycles. The lowest BCUT2D eigenvalue weighted by Gasteiger charge is -2.07. The van der Waals surface area contributed by atoms with E-state index in [2.05, 4.69) is 15.0 Å². The fraction of sp³-hybridized carbons (Fsp3) is 0.400. The van der Waals surface area contributed by atoms with Crippen LogP contribution in [0.25, 0.3) is 0 Å². The van der Waals surface area contributed by atoms with E-state index in [-0.39, 0.29) is 5.95 Å². The van der Waals surface area contributed by atoms with Gasteiger partial charge in [-0.05, 0) is 0 Å². The zero-order valence-electron chi connectivity index (χ0n) is 5.87. The van der Waals surface area contributed by atoms with Crippen molar-refractivity contribution in [2.75, 3.05) is 19.0 Å². The Morgan fingerprint density at radius 1 is 1.40 bits per heavy atom. The molecule has 1 heterocycles. The minimum absolute atomic E-state index is 0.00120. The Hall–Kier alpha value is -1.39. The second kappa shape index (κ2) is 2.47. The molecule has 1 aromatic rings. The zero-order valence-corrected chi connectivity index (χ0v) is 5.87. The Bertz CT molecular complexity index is 221. The molecule has 0 amide bonds. The molecule has 1 N–H and O–H groups in total. The summed E-state index contributed by atoms with van der Waals surface area (Å²) in [6, 6.07) is 0. The molecule has 0 saturated heterocycles. The second-order valence-electron chi connectivity index (χ2n) is 2.00. The van der Waals surface area contributed by atoms with Crippen LogP contribution in [0.3, 0.4) is 0 Å². The van der Waals surface area contributed by atoms with Gasteiger partial charge in [-0.15, -0.1) is 0 Å². The van der Waals surface area contributed by atoms with E-state index in [9.17, 15) is 0 Å². The summed E-state index contributed by atoms with van der Waals surface area (Å²) in [6.45, 7) is 0. The highest BCUT2D eigenvalue weighted by atomic mass is 15.2. The third-order valence-corrected chi connectivity index (χ3v) is 0.959. The molecule has 1 radical (unpaired) electrons. The van der Waals surface area contributed by atoms with E-state index >= 15 is 0 Å². The number of anilines is 1. The first kappa shape index (κ1) is 6.73. The van der Waals surface area contributed by atoms with Crippen molar-refractivity contribution in [3.05, 3.63) is 6.33 Å². The molecule has 10 heavy (non-hydrogen) atoms. The summed E-state index contributed by atoms with van der Waals surface area (Å²) in [5.41, 5.74) is 7.04. The fourth-order valence-corrected chi connectivity index (χ4v) is 0.503. The first-order valence-electron chi connectivity index (χ1n) is 2.78. The third kappa shape index (κ3) is 1.31. The van der Waals surface area contributed by atoms with Crippen molar-refractivity contribution < 1.29 is 0 Å². The van der Waals surface area contributed by atoms with E-state index in [0.29, 0.717) is 5.95 Å². The maximum absolute atomic E-state index is 7.04. The molecule has 0 spiro atoms. The predicted octanol–water partition coefficient (Wildman–Crippen LogP) is -0.148. The van der Waals surface area contributed by atoms with Crippen molar-refractivity contribution in [2.45, 2.75) is 0 Å². The molecule has 0 aliphatic carbocycles. The largest absolute Gasteiger partial charge is 0.347 e. The van der Waals surface area contributed by atoms with Gasteiger partial charge in [0, 0.05) is 14.1 Å². The smallest absolute Gasteiger partial charge is 0.246 e. The Balaban J connectivity index is 2.96. The summed E-state index contributed by atoms with van der Waals surface area (Å²) in [5, 5.41) is 0. The Labute approximate surface area is 58.9 Å². The molecule has 53 valence electrons. The molecule has 5 heteroatoms. The van der Waals surface area contributed by atoms with E-state index in [4.69, 9.17) is 5.73 Å². The molecule has 0 aliphatic heterocycles. The topological polar surface area (TPSA) is 65.7 Å². The maximum atomic E-state index is 7.04. The van der Waals surface area contributed by atoms with E-state index in [1.165, 1.54) is 6.33 Å². The van der Waals surface area contributed by atoms with Crippen LogP contribution in [0, 0.1) is 0 Å². The summed E-state index contributed by atoms with van der Waals surface area (Å²) in [7, 11) is 3.63. The number of rotatable bonds is 1. The lowest BCUT2D eigenvalue weighted by atomic mass is 10.8. The van der Waals surface area contributed by atoms with Gasteiger partial charge < -0.3 is 4.90 Å². The molecule has 1 aromatic heterocycles. The number of nitrogens with one attached hydrogen (secondary N) is 1. The summed E-state index contributed by atoms with van der Waals surface area (Å²) in [4.78, 5) is 12.8. The molecule has 0 aliphatic rings. The van der Waals surface area contributed by atoms with Crippen LogP contribution in [-0.4, -0.2) is 29.0 Å². The van der Waals surface area contributed by atoms with E-state index < -0.39 is 0 Å². The SMILES string of the molecule is CN(C)c1ncnc([NH])n1. The van der Waals surface area contributed by atoms with Crippen LogP contribution < -0.4 is 10.6 Å². The standard InChI is InChI=1S/C5H8N5/c1-10(2)5-8-3-7-4(6)9-5/h3,6H,1-2H3. The van der Waals surface area contributed by atoms with Crippen molar-refractivity contribution in [3.8, 4) is 0 Å². The average Bonchev–Trinajstić information content (AvgIpc) is 1.88. The van der Waals surface area contributed by atoms with Gasteiger partial charge in [-0.2, -0.15) is 9.97 Å². The van der Waals surface area contributed by atoms with Gasteiger partial charge in [0.2, 0.25) is 11.9 Å². The van der Waals surface area contributed by atoms with E-state index in [1.807, 2.05) is 14.1 Å². The Kier molecular flexibility index (Phi) is 1.66. The van der Waals surface area contributed by atoms with Gasteiger partial charge in [0.1, 0.15) is 6.33 Å². The van der Waals surface area contributed by atoms with Crippen LogP contribution in [0.15, 0.2) is 6.33 Å². The van der Waals surface area contributed by atoms with Crippen LogP contribution in [0.4, 0.5) is 11.9 Å². The molecule has 0 fully saturated rings. The lowest BCUT2D eigenvalue weighted by molar-refractivity contribution is 0.947. The number of hydrogen-bond donors (Lipinski definition) is 0. The van der Waals surface area contributed by atoms with Crippen molar-refractivity contribution in [1.82, 2.24) is 20.7 Å². The minimum atomic E-state index is -0.00120. The van der Waals surface area contributed by atoms with Crippen LogP contribution in [0.2, 0.25) is 0 Å². The minimum Gasteiger partial charge on any atom is -0.347 e. The van der Waals surface area contributed by atoms with Crippen molar-refractivity contribution >= 4 is 11.9 Å². The van der Waals surface area contributed by atoms with Gasteiger partial charge in [-0.3, -0.25) is 5.73 Å². The van der Waals surface area contributed by atoms with E-state index in [1.54, 1.807) is 4.90 Å². The number of hydrogen-bond acceptors (Lipinski definition) is 4. The van der Waals surface area contributed by atoms with Crippen molar-refractivity contribution in [2.24, 2.45) is 0 Å². The second-order valence-corrected chi connectivity index (χ2v) is 2.00. The fourth-order valence-electron chi connectivity index (χ4n) is 0.503. The average molecular weight is 138 g/mol. The first-order chi connectivity index (χ1) is 4.70. The van der Waals surface area contributed by atoms with Crippen molar-refractivity contribution in [1.29, 1.82) is 0 Å².